The van der Waals surface area contributed by atoms with Gasteiger partial charge in [0.2, 0.25) is 5.91 Å². The molecule has 1 heterocycles. The summed E-state index contributed by atoms with van der Waals surface area (Å²) in [5, 5.41) is 8.37. The first kappa shape index (κ1) is 18.6. The quantitative estimate of drug-likeness (QED) is 0.817. The van der Waals surface area contributed by atoms with Gasteiger partial charge in [0.15, 0.2) is 0 Å². The van der Waals surface area contributed by atoms with Crippen molar-refractivity contribution in [3.63, 3.8) is 0 Å². The van der Waals surface area contributed by atoms with Gasteiger partial charge in [-0.25, -0.2) is 0 Å². The summed E-state index contributed by atoms with van der Waals surface area (Å²) in [4.78, 5) is 25.4. The fourth-order valence-electron chi connectivity index (χ4n) is 2.88. The number of piperidine rings is 1. The SMILES string of the molecule is Cc1ccc(CCC(C(=O)O)S(=O)CC(=O)N2CCCCC2)cc1. The molecule has 5 nitrogen and oxygen atoms in total. The minimum atomic E-state index is -1.69. The lowest BCUT2D eigenvalue weighted by atomic mass is 10.1. The van der Waals surface area contributed by atoms with Crippen molar-refractivity contribution in [1.82, 2.24) is 4.90 Å². The summed E-state index contributed by atoms with van der Waals surface area (Å²) < 4.78 is 12.4. The molecule has 0 aromatic heterocycles. The number of aryl methyl sites for hydroxylation is 2. The van der Waals surface area contributed by atoms with E-state index >= 15 is 0 Å². The van der Waals surface area contributed by atoms with Crippen LogP contribution in [-0.4, -0.2) is 50.2 Å². The second-order valence-electron chi connectivity index (χ2n) is 6.32. The Morgan fingerprint density at radius 3 is 2.38 bits per heavy atom. The Bertz CT molecular complexity index is 594. The number of carbonyl (C=O) groups excluding carboxylic acids is 1. The molecule has 1 aromatic rings. The molecule has 0 saturated carbocycles. The first-order valence-corrected chi connectivity index (χ1v) is 9.79. The topological polar surface area (TPSA) is 74.7 Å². The van der Waals surface area contributed by atoms with Gasteiger partial charge in [-0.2, -0.15) is 0 Å². The zero-order chi connectivity index (χ0) is 17.5. The minimum Gasteiger partial charge on any atom is -0.480 e. The Kier molecular flexibility index (Phi) is 6.97. The van der Waals surface area contributed by atoms with Crippen LogP contribution in [0.2, 0.25) is 0 Å². The number of carboxylic acids is 1. The molecule has 1 aliphatic rings. The van der Waals surface area contributed by atoms with Gasteiger partial charge in [-0.1, -0.05) is 29.8 Å². The molecule has 132 valence electrons. The molecule has 0 aliphatic carbocycles. The first-order valence-electron chi connectivity index (χ1n) is 8.40. The summed E-state index contributed by atoms with van der Waals surface area (Å²) in [6.45, 7) is 3.37. The zero-order valence-corrected chi connectivity index (χ0v) is 14.9. The molecule has 1 fully saturated rings. The molecule has 2 unspecified atom stereocenters. The molecule has 1 aliphatic heterocycles. The highest BCUT2D eigenvalue weighted by atomic mass is 32.2. The normalized spacial score (nSPS) is 17.3. The summed E-state index contributed by atoms with van der Waals surface area (Å²) >= 11 is 0. The summed E-state index contributed by atoms with van der Waals surface area (Å²) in [6.07, 6.45) is 3.86. The summed E-state index contributed by atoms with van der Waals surface area (Å²) in [6, 6.07) is 7.86. The number of hydrogen-bond acceptors (Lipinski definition) is 3. The van der Waals surface area contributed by atoms with Gasteiger partial charge in [0.1, 0.15) is 11.0 Å². The van der Waals surface area contributed by atoms with Crippen LogP contribution < -0.4 is 0 Å². The Morgan fingerprint density at radius 2 is 1.79 bits per heavy atom. The van der Waals surface area contributed by atoms with E-state index in [4.69, 9.17) is 0 Å². The van der Waals surface area contributed by atoms with Gasteiger partial charge in [-0.3, -0.25) is 13.8 Å². The van der Waals surface area contributed by atoms with E-state index in [1.54, 1.807) is 4.90 Å². The van der Waals surface area contributed by atoms with Crippen LogP contribution in [0.3, 0.4) is 0 Å². The second-order valence-corrected chi connectivity index (χ2v) is 7.94. The van der Waals surface area contributed by atoms with Crippen LogP contribution in [0.1, 0.15) is 36.8 Å². The predicted octanol–water partition coefficient (Wildman–Crippen LogP) is 2.14. The average molecular weight is 351 g/mol. The van der Waals surface area contributed by atoms with Crippen LogP contribution >= 0.6 is 0 Å². The highest BCUT2D eigenvalue weighted by Gasteiger charge is 2.28. The van der Waals surface area contributed by atoms with E-state index in [0.29, 0.717) is 19.5 Å². The molecule has 2 atom stereocenters. The van der Waals surface area contributed by atoms with Crippen molar-refractivity contribution >= 4 is 22.7 Å². The van der Waals surface area contributed by atoms with Gasteiger partial charge >= 0.3 is 5.97 Å². The van der Waals surface area contributed by atoms with Crippen molar-refractivity contribution in [1.29, 1.82) is 0 Å². The Balaban J connectivity index is 1.90. The van der Waals surface area contributed by atoms with Gasteiger partial charge in [0.25, 0.3) is 0 Å². The summed E-state index contributed by atoms with van der Waals surface area (Å²) in [5.74, 6) is -1.47. The van der Waals surface area contributed by atoms with Gasteiger partial charge < -0.3 is 10.0 Å². The number of carboxylic acid groups (broad SMARTS) is 1. The summed E-state index contributed by atoms with van der Waals surface area (Å²) in [5.41, 5.74) is 2.16. The third-order valence-corrected chi connectivity index (χ3v) is 5.99. The van der Waals surface area contributed by atoms with Gasteiger partial charge in [0, 0.05) is 23.9 Å². The zero-order valence-electron chi connectivity index (χ0n) is 14.1. The standard InChI is InChI=1S/C18H25NO4S/c1-14-5-7-15(8-6-14)9-10-16(18(21)22)24(23)13-17(20)19-11-3-2-4-12-19/h5-8,16H,2-4,9-13H2,1H3,(H,21,22). The molecule has 1 N–H and O–H groups in total. The van der Waals surface area contributed by atoms with Crippen LogP contribution in [0, 0.1) is 6.92 Å². The third kappa shape index (κ3) is 5.44. The lowest BCUT2D eigenvalue weighted by molar-refractivity contribution is -0.136. The molecule has 1 saturated heterocycles. The smallest absolute Gasteiger partial charge is 0.319 e. The van der Waals surface area contributed by atoms with Gasteiger partial charge in [-0.05, 0) is 44.6 Å². The third-order valence-electron chi connectivity index (χ3n) is 4.38. The molecule has 0 bridgehead atoms. The van der Waals surface area contributed by atoms with Crippen LogP contribution in [0.5, 0.6) is 0 Å². The van der Waals surface area contributed by atoms with E-state index in [1.165, 1.54) is 0 Å². The van der Waals surface area contributed by atoms with Crippen LogP contribution in [0.15, 0.2) is 24.3 Å². The van der Waals surface area contributed by atoms with Crippen molar-refractivity contribution in [2.75, 3.05) is 18.8 Å². The van der Waals surface area contributed by atoms with Crippen LogP contribution in [0.25, 0.3) is 0 Å². The van der Waals surface area contributed by atoms with E-state index in [-0.39, 0.29) is 18.1 Å². The fourth-order valence-corrected chi connectivity index (χ4v) is 4.11. The van der Waals surface area contributed by atoms with E-state index in [2.05, 4.69) is 0 Å². The molecular weight excluding hydrogens is 326 g/mol. The molecule has 6 heteroatoms. The number of carbonyl (C=O) groups is 2. The Hall–Kier alpha value is -1.69. The number of amides is 1. The minimum absolute atomic E-state index is 0.186. The van der Waals surface area contributed by atoms with Gasteiger partial charge in [0.05, 0.1) is 0 Å². The van der Waals surface area contributed by atoms with Crippen LogP contribution in [0.4, 0.5) is 0 Å². The van der Waals surface area contributed by atoms with Gasteiger partial charge in [-0.15, -0.1) is 0 Å². The van der Waals surface area contributed by atoms with Crippen molar-refractivity contribution in [2.45, 2.75) is 44.3 Å². The van der Waals surface area contributed by atoms with E-state index < -0.39 is 22.0 Å². The monoisotopic (exact) mass is 351 g/mol. The number of nitrogens with zero attached hydrogens (tertiary/aromatic N) is 1. The molecule has 24 heavy (non-hydrogen) atoms. The van der Waals surface area contributed by atoms with Crippen LogP contribution in [-0.2, 0) is 26.8 Å². The summed E-state index contributed by atoms with van der Waals surface area (Å²) in [7, 11) is -1.69. The highest BCUT2D eigenvalue weighted by Crippen LogP contribution is 2.13. The molecule has 1 amide bonds. The maximum absolute atomic E-state index is 12.4. The number of hydrogen-bond donors (Lipinski definition) is 1. The Morgan fingerprint density at radius 1 is 1.17 bits per heavy atom. The van der Waals surface area contributed by atoms with Crippen molar-refractivity contribution < 1.29 is 18.9 Å². The first-order chi connectivity index (χ1) is 11.5. The number of aliphatic carboxylic acids is 1. The number of benzene rings is 1. The van der Waals surface area contributed by atoms with Crippen molar-refractivity contribution in [3.8, 4) is 0 Å². The molecule has 1 aromatic carbocycles. The number of likely N-dealkylation sites (tertiary alicyclic amines) is 1. The highest BCUT2D eigenvalue weighted by molar-refractivity contribution is 7.87. The maximum atomic E-state index is 12.4. The fraction of sp³-hybridized carbons (Fsp3) is 0.556. The van der Waals surface area contributed by atoms with Crippen molar-refractivity contribution in [2.24, 2.45) is 0 Å². The van der Waals surface area contributed by atoms with E-state index in [0.717, 1.165) is 30.4 Å². The lowest BCUT2D eigenvalue weighted by Gasteiger charge is -2.27. The number of rotatable bonds is 7. The second kappa shape index (κ2) is 8.97. The van der Waals surface area contributed by atoms with E-state index in [1.807, 2.05) is 31.2 Å². The maximum Gasteiger partial charge on any atom is 0.319 e. The predicted molar refractivity (Wildman–Crippen MR) is 94.4 cm³/mol. The Labute approximate surface area is 145 Å². The van der Waals surface area contributed by atoms with E-state index in [9.17, 15) is 18.9 Å². The average Bonchev–Trinajstić information content (AvgIpc) is 2.57. The van der Waals surface area contributed by atoms with Crippen molar-refractivity contribution in [3.05, 3.63) is 35.4 Å². The molecule has 2 rings (SSSR count). The molecule has 0 radical (unpaired) electrons. The largest absolute Gasteiger partial charge is 0.480 e. The molecule has 0 spiro atoms. The molecular formula is C18H25NO4S. The lowest BCUT2D eigenvalue weighted by Crippen LogP contribution is -2.40.